The lowest BCUT2D eigenvalue weighted by Crippen LogP contribution is -2.15. The second kappa shape index (κ2) is 5.92. The maximum Gasteiger partial charge on any atom is 0.191 e. The lowest BCUT2D eigenvalue weighted by atomic mass is 10.0. The Hall–Kier alpha value is -0.550. The Labute approximate surface area is 130 Å². The Balaban J connectivity index is 1.35. The van der Waals surface area contributed by atoms with Gasteiger partial charge in [0.25, 0.3) is 0 Å². The van der Waals surface area contributed by atoms with Crippen LogP contribution in [0, 0.1) is 5.92 Å². The second-order valence-corrected chi connectivity index (χ2v) is 8.05. The predicted molar refractivity (Wildman–Crippen MR) is 83.6 cm³/mol. The van der Waals surface area contributed by atoms with Crippen LogP contribution in [0.5, 0.6) is 0 Å². The summed E-state index contributed by atoms with van der Waals surface area (Å²) in [6, 6.07) is 0.644. The van der Waals surface area contributed by atoms with Crippen molar-refractivity contribution in [2.24, 2.45) is 5.92 Å². The fraction of sp³-hybridized carbons (Fsp3) is 0.875. The molecule has 21 heavy (non-hydrogen) atoms. The number of thioether (sulfide) groups is 1. The summed E-state index contributed by atoms with van der Waals surface area (Å²) in [4.78, 5) is 0. The standard InChI is InChI=1S/C16H25N3OS/c20-14(9-11-3-1-2-4-11)10-21-16-18-17-15(12-5-6-12)19(16)13-7-8-13/h11-14,20H,1-10H2. The molecule has 5 heteroatoms. The lowest BCUT2D eigenvalue weighted by Gasteiger charge is -2.15. The van der Waals surface area contributed by atoms with Gasteiger partial charge in [0.05, 0.1) is 6.10 Å². The van der Waals surface area contributed by atoms with Crippen LogP contribution in [0.25, 0.3) is 0 Å². The first kappa shape index (κ1) is 14.1. The minimum absolute atomic E-state index is 0.188. The normalized spacial score (nSPS) is 24.6. The van der Waals surface area contributed by atoms with Crippen molar-refractivity contribution < 1.29 is 5.11 Å². The molecule has 3 saturated carbocycles. The summed E-state index contributed by atoms with van der Waals surface area (Å²) in [5.41, 5.74) is 0. The highest BCUT2D eigenvalue weighted by Crippen LogP contribution is 2.46. The molecule has 1 atom stereocenters. The highest BCUT2D eigenvalue weighted by Gasteiger charge is 2.36. The maximum atomic E-state index is 10.3. The Morgan fingerprint density at radius 3 is 2.52 bits per heavy atom. The SMILES string of the molecule is OC(CSc1nnc(C2CC2)n1C1CC1)CC1CCCC1. The summed E-state index contributed by atoms with van der Waals surface area (Å²) in [7, 11) is 0. The Kier molecular flexibility index (Phi) is 3.96. The molecular weight excluding hydrogens is 282 g/mol. The smallest absolute Gasteiger partial charge is 0.191 e. The minimum atomic E-state index is -0.188. The van der Waals surface area contributed by atoms with E-state index in [1.54, 1.807) is 11.8 Å². The number of aliphatic hydroxyl groups is 1. The van der Waals surface area contributed by atoms with Gasteiger partial charge in [-0.3, -0.25) is 0 Å². The van der Waals surface area contributed by atoms with E-state index in [0.29, 0.717) is 12.0 Å². The molecule has 3 aliphatic rings. The number of aliphatic hydroxyl groups excluding tert-OH is 1. The van der Waals surface area contributed by atoms with E-state index >= 15 is 0 Å². The van der Waals surface area contributed by atoms with Crippen LogP contribution in [0.15, 0.2) is 5.16 Å². The minimum Gasteiger partial charge on any atom is -0.392 e. The van der Waals surface area contributed by atoms with E-state index in [-0.39, 0.29) is 6.10 Å². The van der Waals surface area contributed by atoms with Crippen LogP contribution in [0.3, 0.4) is 0 Å². The molecule has 1 aromatic heterocycles. The molecule has 0 saturated heterocycles. The zero-order valence-electron chi connectivity index (χ0n) is 12.6. The van der Waals surface area contributed by atoms with Crippen molar-refractivity contribution in [3.8, 4) is 0 Å². The fourth-order valence-corrected chi connectivity index (χ4v) is 4.51. The van der Waals surface area contributed by atoms with Crippen molar-refractivity contribution in [3.63, 3.8) is 0 Å². The third kappa shape index (κ3) is 3.29. The van der Waals surface area contributed by atoms with E-state index in [9.17, 15) is 5.11 Å². The molecular formula is C16H25N3OS. The van der Waals surface area contributed by atoms with Crippen LogP contribution in [-0.2, 0) is 0 Å². The first-order valence-corrected chi connectivity index (χ1v) is 9.55. The number of rotatable bonds is 7. The number of hydrogen-bond acceptors (Lipinski definition) is 4. The van der Waals surface area contributed by atoms with Gasteiger partial charge in [-0.25, -0.2) is 0 Å². The molecule has 0 radical (unpaired) electrons. The van der Waals surface area contributed by atoms with Crippen molar-refractivity contribution in [2.45, 2.75) is 81.0 Å². The number of aromatic nitrogens is 3. The lowest BCUT2D eigenvalue weighted by molar-refractivity contribution is 0.165. The second-order valence-electron chi connectivity index (χ2n) is 7.07. The third-order valence-corrected chi connectivity index (χ3v) is 6.12. The van der Waals surface area contributed by atoms with Gasteiger partial charge in [0.15, 0.2) is 5.16 Å². The Bertz CT molecular complexity index is 490. The summed E-state index contributed by atoms with van der Waals surface area (Å²) in [5, 5.41) is 20.2. The number of hydrogen-bond donors (Lipinski definition) is 1. The molecule has 0 aromatic carbocycles. The van der Waals surface area contributed by atoms with Gasteiger partial charge in [-0.05, 0) is 38.0 Å². The van der Waals surface area contributed by atoms with Crippen LogP contribution in [0.2, 0.25) is 0 Å². The average molecular weight is 307 g/mol. The molecule has 0 amide bonds. The predicted octanol–water partition coefficient (Wildman–Crippen LogP) is 3.52. The summed E-state index contributed by atoms with van der Waals surface area (Å²) < 4.78 is 2.38. The van der Waals surface area contributed by atoms with E-state index in [2.05, 4.69) is 14.8 Å². The first-order chi connectivity index (χ1) is 10.3. The highest BCUT2D eigenvalue weighted by atomic mass is 32.2. The van der Waals surface area contributed by atoms with Crippen molar-refractivity contribution in [2.75, 3.05) is 5.75 Å². The topological polar surface area (TPSA) is 50.9 Å². The van der Waals surface area contributed by atoms with Gasteiger partial charge in [-0.15, -0.1) is 10.2 Å². The molecule has 4 nitrogen and oxygen atoms in total. The van der Waals surface area contributed by atoms with Gasteiger partial charge >= 0.3 is 0 Å². The van der Waals surface area contributed by atoms with Gasteiger partial charge in [0.1, 0.15) is 5.82 Å². The molecule has 1 unspecified atom stereocenters. The van der Waals surface area contributed by atoms with Crippen LogP contribution >= 0.6 is 11.8 Å². The van der Waals surface area contributed by atoms with Crippen LogP contribution < -0.4 is 0 Å². The fourth-order valence-electron chi connectivity index (χ4n) is 3.55. The first-order valence-electron chi connectivity index (χ1n) is 8.57. The van der Waals surface area contributed by atoms with Gasteiger partial charge in [0.2, 0.25) is 0 Å². The van der Waals surface area contributed by atoms with E-state index < -0.39 is 0 Å². The monoisotopic (exact) mass is 307 g/mol. The zero-order chi connectivity index (χ0) is 14.2. The van der Waals surface area contributed by atoms with Crippen molar-refractivity contribution in [3.05, 3.63) is 5.82 Å². The average Bonchev–Trinajstić information content (AvgIpc) is 3.41. The third-order valence-electron chi connectivity index (χ3n) is 5.03. The molecule has 1 heterocycles. The van der Waals surface area contributed by atoms with Crippen molar-refractivity contribution >= 4 is 11.8 Å². The van der Waals surface area contributed by atoms with E-state index in [1.165, 1.54) is 57.2 Å². The number of nitrogens with zero attached hydrogens (tertiary/aromatic N) is 3. The Morgan fingerprint density at radius 1 is 1.10 bits per heavy atom. The van der Waals surface area contributed by atoms with Crippen molar-refractivity contribution in [1.82, 2.24) is 14.8 Å². The summed E-state index contributed by atoms with van der Waals surface area (Å²) >= 11 is 1.71. The molecule has 4 rings (SSSR count). The highest BCUT2D eigenvalue weighted by molar-refractivity contribution is 7.99. The molecule has 0 spiro atoms. The van der Waals surface area contributed by atoms with Gasteiger partial charge < -0.3 is 9.67 Å². The van der Waals surface area contributed by atoms with E-state index in [1.807, 2.05) is 0 Å². The summed E-state index contributed by atoms with van der Waals surface area (Å²) in [5.74, 6) is 3.40. The summed E-state index contributed by atoms with van der Waals surface area (Å²) in [6.45, 7) is 0. The molecule has 0 bridgehead atoms. The molecule has 1 N–H and O–H groups in total. The summed E-state index contributed by atoms with van der Waals surface area (Å²) in [6.07, 6.45) is 11.2. The molecule has 1 aromatic rings. The molecule has 3 fully saturated rings. The van der Waals surface area contributed by atoms with Crippen LogP contribution in [0.4, 0.5) is 0 Å². The maximum absolute atomic E-state index is 10.3. The van der Waals surface area contributed by atoms with Gasteiger partial charge in [-0.2, -0.15) is 0 Å². The molecule has 116 valence electrons. The van der Waals surface area contributed by atoms with Gasteiger partial charge in [0, 0.05) is 17.7 Å². The van der Waals surface area contributed by atoms with E-state index in [0.717, 1.165) is 23.2 Å². The van der Waals surface area contributed by atoms with Gasteiger partial charge in [-0.1, -0.05) is 37.4 Å². The van der Waals surface area contributed by atoms with Crippen molar-refractivity contribution in [1.29, 1.82) is 0 Å². The zero-order valence-corrected chi connectivity index (χ0v) is 13.4. The Morgan fingerprint density at radius 2 is 1.86 bits per heavy atom. The van der Waals surface area contributed by atoms with Crippen LogP contribution in [-0.4, -0.2) is 31.7 Å². The van der Waals surface area contributed by atoms with E-state index in [4.69, 9.17) is 0 Å². The quantitative estimate of drug-likeness (QED) is 0.783. The molecule has 3 aliphatic carbocycles. The van der Waals surface area contributed by atoms with Crippen LogP contribution in [0.1, 0.15) is 75.6 Å². The molecule has 0 aliphatic heterocycles. The largest absolute Gasteiger partial charge is 0.392 e.